The fourth-order valence-electron chi connectivity index (χ4n) is 2.23. The van der Waals surface area contributed by atoms with E-state index < -0.39 is 0 Å². The third kappa shape index (κ3) is 2.23. The minimum Gasteiger partial charge on any atom is -0.490 e. The topological polar surface area (TPSA) is 42.1 Å². The highest BCUT2D eigenvalue weighted by atomic mass is 32.1. The number of thiophene rings is 1. The van der Waals surface area contributed by atoms with Crippen LogP contribution in [0.4, 0.5) is 0 Å². The van der Waals surface area contributed by atoms with Crippen LogP contribution in [0.5, 0.6) is 5.75 Å². The molecule has 3 rings (SSSR count). The van der Waals surface area contributed by atoms with Crippen molar-refractivity contribution in [2.45, 2.75) is 20.0 Å². The van der Waals surface area contributed by atoms with Gasteiger partial charge in [0.15, 0.2) is 5.78 Å². The van der Waals surface area contributed by atoms with E-state index in [1.807, 2.05) is 48.9 Å². The molecule has 2 aromatic heterocycles. The van der Waals surface area contributed by atoms with Crippen molar-refractivity contribution in [3.8, 4) is 5.75 Å². The predicted octanol–water partition coefficient (Wildman–Crippen LogP) is 4.25. The minimum atomic E-state index is 0.0253. The van der Waals surface area contributed by atoms with Gasteiger partial charge in [0.25, 0.3) is 0 Å². The van der Waals surface area contributed by atoms with E-state index in [0.29, 0.717) is 5.56 Å². The number of nitrogens with one attached hydrogen (secondary N) is 1. The number of H-pyrrole nitrogens is 1. The molecule has 0 fully saturated rings. The number of hydrogen-bond donors (Lipinski definition) is 1. The van der Waals surface area contributed by atoms with Crippen molar-refractivity contribution in [3.63, 3.8) is 0 Å². The lowest BCUT2D eigenvalue weighted by Crippen LogP contribution is -2.06. The summed E-state index contributed by atoms with van der Waals surface area (Å²) in [5, 5.41) is 4.64. The first kappa shape index (κ1) is 12.9. The highest BCUT2D eigenvalue weighted by molar-refractivity contribution is 7.08. The summed E-state index contributed by atoms with van der Waals surface area (Å²) in [6.45, 7) is 3.96. The van der Waals surface area contributed by atoms with Gasteiger partial charge in [0.2, 0.25) is 0 Å². The van der Waals surface area contributed by atoms with Crippen molar-refractivity contribution in [3.05, 3.63) is 52.3 Å². The molecule has 1 N–H and O–H groups in total. The minimum absolute atomic E-state index is 0.0253. The van der Waals surface area contributed by atoms with Crippen LogP contribution in [0.3, 0.4) is 0 Å². The van der Waals surface area contributed by atoms with Crippen LogP contribution in [0.15, 0.2) is 41.2 Å². The van der Waals surface area contributed by atoms with Gasteiger partial charge in [-0.05, 0) is 37.4 Å². The van der Waals surface area contributed by atoms with Gasteiger partial charge in [-0.2, -0.15) is 11.3 Å². The van der Waals surface area contributed by atoms with Crippen LogP contribution in [0, 0.1) is 0 Å². The van der Waals surface area contributed by atoms with E-state index in [4.69, 9.17) is 4.74 Å². The summed E-state index contributed by atoms with van der Waals surface area (Å²) in [5.41, 5.74) is 2.30. The van der Waals surface area contributed by atoms with Gasteiger partial charge >= 0.3 is 0 Å². The van der Waals surface area contributed by atoms with Gasteiger partial charge < -0.3 is 9.72 Å². The SMILES string of the molecule is CC(C)Oc1cccc2[nH]cc(C(=O)c3ccsc3)c12. The summed E-state index contributed by atoms with van der Waals surface area (Å²) < 4.78 is 5.82. The van der Waals surface area contributed by atoms with E-state index in [1.54, 1.807) is 6.20 Å². The number of ether oxygens (including phenoxy) is 1. The first-order valence-electron chi connectivity index (χ1n) is 6.50. The molecule has 0 aliphatic heterocycles. The lowest BCUT2D eigenvalue weighted by molar-refractivity contribution is 0.104. The second-order valence-corrected chi connectivity index (χ2v) is 5.67. The molecule has 0 saturated heterocycles. The maximum atomic E-state index is 12.6. The number of ketones is 1. The lowest BCUT2D eigenvalue weighted by Gasteiger charge is -2.11. The van der Waals surface area contributed by atoms with Crippen LogP contribution in [-0.4, -0.2) is 16.9 Å². The molecule has 0 amide bonds. The van der Waals surface area contributed by atoms with E-state index in [-0.39, 0.29) is 11.9 Å². The highest BCUT2D eigenvalue weighted by Gasteiger charge is 2.18. The first-order valence-corrected chi connectivity index (χ1v) is 7.44. The smallest absolute Gasteiger partial charge is 0.196 e. The summed E-state index contributed by atoms with van der Waals surface area (Å²) >= 11 is 1.52. The van der Waals surface area contributed by atoms with E-state index in [1.165, 1.54) is 11.3 Å². The van der Waals surface area contributed by atoms with Gasteiger partial charge in [-0.15, -0.1) is 0 Å². The lowest BCUT2D eigenvalue weighted by atomic mass is 10.0. The van der Waals surface area contributed by atoms with Crippen molar-refractivity contribution >= 4 is 28.0 Å². The standard InChI is InChI=1S/C16H15NO2S/c1-10(2)19-14-5-3-4-13-15(14)12(8-17-13)16(18)11-6-7-20-9-11/h3-10,17H,1-2H3. The Balaban J connectivity index is 2.14. The summed E-state index contributed by atoms with van der Waals surface area (Å²) in [6, 6.07) is 7.63. The zero-order valence-electron chi connectivity index (χ0n) is 11.3. The van der Waals surface area contributed by atoms with E-state index >= 15 is 0 Å². The van der Waals surface area contributed by atoms with Crippen molar-refractivity contribution in [2.75, 3.05) is 0 Å². The number of benzene rings is 1. The average molecular weight is 285 g/mol. The molecule has 0 saturated carbocycles. The Hall–Kier alpha value is -2.07. The van der Waals surface area contributed by atoms with Gasteiger partial charge in [0.05, 0.1) is 17.1 Å². The molecule has 0 spiro atoms. The Morgan fingerprint density at radius 1 is 1.30 bits per heavy atom. The Kier molecular flexibility index (Phi) is 3.32. The largest absolute Gasteiger partial charge is 0.490 e. The van der Waals surface area contributed by atoms with Gasteiger partial charge in [0.1, 0.15) is 5.75 Å². The highest BCUT2D eigenvalue weighted by Crippen LogP contribution is 2.31. The van der Waals surface area contributed by atoms with Gasteiger partial charge in [0, 0.05) is 22.7 Å². The third-order valence-electron chi connectivity index (χ3n) is 3.06. The molecule has 1 aromatic carbocycles. The zero-order chi connectivity index (χ0) is 14.1. The molecule has 0 radical (unpaired) electrons. The van der Waals surface area contributed by atoms with Crippen LogP contribution in [0.2, 0.25) is 0 Å². The van der Waals surface area contributed by atoms with E-state index in [0.717, 1.165) is 22.2 Å². The molecule has 2 heterocycles. The quantitative estimate of drug-likeness (QED) is 0.728. The van der Waals surface area contributed by atoms with Gasteiger partial charge in [-0.25, -0.2) is 0 Å². The number of fused-ring (bicyclic) bond motifs is 1. The molecule has 0 unspecified atom stereocenters. The fraction of sp³-hybridized carbons (Fsp3) is 0.188. The van der Waals surface area contributed by atoms with Crippen LogP contribution < -0.4 is 4.74 Å². The second-order valence-electron chi connectivity index (χ2n) is 4.89. The predicted molar refractivity (Wildman–Crippen MR) is 81.8 cm³/mol. The normalized spacial score (nSPS) is 11.2. The number of hydrogen-bond acceptors (Lipinski definition) is 3. The average Bonchev–Trinajstić information content (AvgIpc) is 3.07. The summed E-state index contributed by atoms with van der Waals surface area (Å²) in [4.78, 5) is 15.7. The monoisotopic (exact) mass is 285 g/mol. The zero-order valence-corrected chi connectivity index (χ0v) is 12.2. The second kappa shape index (κ2) is 5.13. The van der Waals surface area contributed by atoms with Crippen molar-refractivity contribution in [1.29, 1.82) is 0 Å². The Morgan fingerprint density at radius 3 is 2.85 bits per heavy atom. The molecular weight excluding hydrogens is 270 g/mol. The van der Waals surface area contributed by atoms with Crippen LogP contribution >= 0.6 is 11.3 Å². The Labute approximate surface area is 121 Å². The first-order chi connectivity index (χ1) is 9.66. The Morgan fingerprint density at radius 2 is 2.15 bits per heavy atom. The molecule has 0 atom stereocenters. The molecule has 20 heavy (non-hydrogen) atoms. The number of carbonyl (C=O) groups is 1. The summed E-state index contributed by atoms with van der Waals surface area (Å²) in [6.07, 6.45) is 1.83. The fourth-order valence-corrected chi connectivity index (χ4v) is 2.87. The molecule has 102 valence electrons. The van der Waals surface area contributed by atoms with Crippen LogP contribution in [0.25, 0.3) is 10.9 Å². The van der Waals surface area contributed by atoms with E-state index in [9.17, 15) is 4.79 Å². The maximum absolute atomic E-state index is 12.6. The molecule has 3 aromatic rings. The molecule has 3 nitrogen and oxygen atoms in total. The molecular formula is C16H15NO2S. The molecule has 0 aliphatic rings. The molecule has 4 heteroatoms. The van der Waals surface area contributed by atoms with Crippen molar-refractivity contribution < 1.29 is 9.53 Å². The number of aromatic nitrogens is 1. The van der Waals surface area contributed by atoms with Crippen molar-refractivity contribution in [1.82, 2.24) is 4.98 Å². The number of carbonyl (C=O) groups excluding carboxylic acids is 1. The summed E-state index contributed by atoms with van der Waals surface area (Å²) in [7, 11) is 0. The summed E-state index contributed by atoms with van der Waals surface area (Å²) in [5.74, 6) is 0.773. The van der Waals surface area contributed by atoms with Crippen LogP contribution in [0.1, 0.15) is 29.8 Å². The van der Waals surface area contributed by atoms with Gasteiger partial charge in [-0.3, -0.25) is 4.79 Å². The van der Waals surface area contributed by atoms with E-state index in [2.05, 4.69) is 4.98 Å². The van der Waals surface area contributed by atoms with Gasteiger partial charge in [-0.1, -0.05) is 6.07 Å². The molecule has 0 bridgehead atoms. The van der Waals surface area contributed by atoms with Crippen LogP contribution in [-0.2, 0) is 0 Å². The Bertz CT molecular complexity index is 741. The molecule has 0 aliphatic carbocycles. The maximum Gasteiger partial charge on any atom is 0.196 e. The number of rotatable bonds is 4. The van der Waals surface area contributed by atoms with Crippen molar-refractivity contribution in [2.24, 2.45) is 0 Å². The number of aromatic amines is 1. The third-order valence-corrected chi connectivity index (χ3v) is 3.74.